The van der Waals surface area contributed by atoms with E-state index in [1.165, 1.54) is 0 Å². The maximum Gasteiger partial charge on any atom is 0.254 e. The number of ether oxygens (including phenoxy) is 1. The van der Waals surface area contributed by atoms with Crippen molar-refractivity contribution in [2.24, 2.45) is 0 Å². The van der Waals surface area contributed by atoms with Gasteiger partial charge in [-0.15, -0.1) is 12.4 Å². The van der Waals surface area contributed by atoms with Crippen molar-refractivity contribution in [3.8, 4) is 0 Å². The maximum atomic E-state index is 12.7. The van der Waals surface area contributed by atoms with Crippen molar-refractivity contribution < 1.29 is 9.53 Å². The Labute approximate surface area is 122 Å². The van der Waals surface area contributed by atoms with Crippen LogP contribution in [0.4, 0.5) is 0 Å². The molecule has 0 bridgehead atoms. The first kappa shape index (κ1) is 16.7. The molecular formula is C13H26ClN3O2. The molecule has 2 saturated heterocycles. The molecule has 0 saturated carbocycles. The van der Waals surface area contributed by atoms with E-state index in [2.05, 4.69) is 17.3 Å². The van der Waals surface area contributed by atoms with E-state index in [4.69, 9.17) is 4.74 Å². The molecule has 0 aromatic rings. The van der Waals surface area contributed by atoms with Crippen molar-refractivity contribution >= 4 is 18.3 Å². The van der Waals surface area contributed by atoms with Crippen LogP contribution in [0.2, 0.25) is 0 Å². The minimum atomic E-state index is -0.575. The Morgan fingerprint density at radius 1 is 1.16 bits per heavy atom. The highest BCUT2D eigenvalue weighted by molar-refractivity contribution is 5.85. The summed E-state index contributed by atoms with van der Waals surface area (Å²) in [4.78, 5) is 17.0. The first-order valence-corrected chi connectivity index (χ1v) is 6.92. The fraction of sp³-hybridized carbons (Fsp3) is 0.923. The minimum Gasteiger partial charge on any atom is -0.368 e. The predicted octanol–water partition coefficient (Wildman–Crippen LogP) is 0.341. The summed E-state index contributed by atoms with van der Waals surface area (Å²) >= 11 is 0. The molecule has 112 valence electrons. The molecular weight excluding hydrogens is 266 g/mol. The monoisotopic (exact) mass is 291 g/mol. The van der Waals surface area contributed by atoms with Gasteiger partial charge in [-0.05, 0) is 45.9 Å². The molecule has 2 aliphatic rings. The summed E-state index contributed by atoms with van der Waals surface area (Å²) in [6.07, 6.45) is 2.63. The van der Waals surface area contributed by atoms with Gasteiger partial charge in [0.15, 0.2) is 0 Å². The molecule has 1 amide bonds. The van der Waals surface area contributed by atoms with Crippen LogP contribution in [-0.4, -0.2) is 74.7 Å². The summed E-state index contributed by atoms with van der Waals surface area (Å²) in [5.41, 5.74) is -0.575. The molecule has 0 atom stereocenters. The van der Waals surface area contributed by atoms with Gasteiger partial charge in [0.1, 0.15) is 5.60 Å². The minimum absolute atomic E-state index is 0. The van der Waals surface area contributed by atoms with Crippen molar-refractivity contribution in [3.63, 3.8) is 0 Å². The van der Waals surface area contributed by atoms with Crippen LogP contribution in [0, 0.1) is 0 Å². The summed E-state index contributed by atoms with van der Waals surface area (Å²) in [5.74, 6) is 0.196. The summed E-state index contributed by atoms with van der Waals surface area (Å²) in [7, 11) is 3.79. The van der Waals surface area contributed by atoms with Gasteiger partial charge in [0.25, 0.3) is 5.91 Å². The van der Waals surface area contributed by atoms with Gasteiger partial charge in [-0.25, -0.2) is 0 Å². The Morgan fingerprint density at radius 2 is 1.84 bits per heavy atom. The third-order valence-electron chi connectivity index (χ3n) is 4.20. The number of carbonyl (C=O) groups excluding carboxylic acids is 1. The zero-order valence-electron chi connectivity index (χ0n) is 12.0. The Bertz CT molecular complexity index is 296. The molecule has 2 aliphatic heterocycles. The number of rotatable bonds is 2. The first-order chi connectivity index (χ1) is 8.68. The average Bonchev–Trinajstić information content (AvgIpc) is 2.63. The Hall–Kier alpha value is -0.360. The van der Waals surface area contributed by atoms with Crippen molar-refractivity contribution in [3.05, 3.63) is 0 Å². The van der Waals surface area contributed by atoms with E-state index in [0.29, 0.717) is 0 Å². The number of hydrogen-bond donors (Lipinski definition) is 1. The Morgan fingerprint density at radius 3 is 2.47 bits per heavy atom. The molecule has 19 heavy (non-hydrogen) atoms. The molecule has 0 spiro atoms. The van der Waals surface area contributed by atoms with Crippen LogP contribution in [-0.2, 0) is 9.53 Å². The van der Waals surface area contributed by atoms with Crippen molar-refractivity contribution in [1.29, 1.82) is 0 Å². The van der Waals surface area contributed by atoms with Gasteiger partial charge < -0.3 is 19.9 Å². The lowest BCUT2D eigenvalue weighted by molar-refractivity contribution is -0.158. The highest BCUT2D eigenvalue weighted by atomic mass is 35.5. The van der Waals surface area contributed by atoms with Gasteiger partial charge in [-0.1, -0.05) is 0 Å². The molecule has 1 N–H and O–H groups in total. The second-order valence-corrected chi connectivity index (χ2v) is 5.40. The molecule has 0 aliphatic carbocycles. The Kier molecular flexibility index (Phi) is 6.53. The first-order valence-electron chi connectivity index (χ1n) is 6.92. The summed E-state index contributed by atoms with van der Waals surface area (Å²) in [5, 5.41) is 3.29. The zero-order chi connectivity index (χ0) is 13.0. The largest absolute Gasteiger partial charge is 0.368 e. The van der Waals surface area contributed by atoms with E-state index in [-0.39, 0.29) is 18.3 Å². The van der Waals surface area contributed by atoms with E-state index < -0.39 is 5.60 Å². The van der Waals surface area contributed by atoms with Crippen LogP contribution in [0.25, 0.3) is 0 Å². The third-order valence-corrected chi connectivity index (χ3v) is 4.20. The van der Waals surface area contributed by atoms with Gasteiger partial charge in [0.2, 0.25) is 0 Å². The highest BCUT2D eigenvalue weighted by Gasteiger charge is 2.42. The van der Waals surface area contributed by atoms with Gasteiger partial charge >= 0.3 is 0 Å². The highest BCUT2D eigenvalue weighted by Crippen LogP contribution is 2.25. The fourth-order valence-electron chi connectivity index (χ4n) is 2.87. The molecule has 0 radical (unpaired) electrons. The quantitative estimate of drug-likeness (QED) is 0.797. The van der Waals surface area contributed by atoms with Gasteiger partial charge in [0, 0.05) is 26.7 Å². The second kappa shape index (κ2) is 7.43. The van der Waals surface area contributed by atoms with Gasteiger partial charge in [-0.2, -0.15) is 0 Å². The molecule has 6 heteroatoms. The molecule has 2 rings (SSSR count). The van der Waals surface area contributed by atoms with Crippen molar-refractivity contribution in [2.75, 3.05) is 53.4 Å². The molecule has 0 aromatic heterocycles. The van der Waals surface area contributed by atoms with Crippen LogP contribution >= 0.6 is 12.4 Å². The zero-order valence-corrected chi connectivity index (χ0v) is 12.8. The van der Waals surface area contributed by atoms with Gasteiger partial charge in [0.05, 0.1) is 0 Å². The van der Waals surface area contributed by atoms with Crippen molar-refractivity contribution in [2.45, 2.75) is 24.9 Å². The predicted molar refractivity (Wildman–Crippen MR) is 77.8 cm³/mol. The number of carbonyl (C=O) groups is 1. The molecule has 5 nitrogen and oxygen atoms in total. The van der Waals surface area contributed by atoms with Crippen LogP contribution < -0.4 is 5.32 Å². The maximum absolute atomic E-state index is 12.7. The van der Waals surface area contributed by atoms with Crippen LogP contribution in [0.15, 0.2) is 0 Å². The summed E-state index contributed by atoms with van der Waals surface area (Å²) < 4.78 is 5.62. The van der Waals surface area contributed by atoms with E-state index in [1.807, 2.05) is 4.90 Å². The SMILES string of the molecule is COC1(C(=O)N2CCCN(C)CC2)CCNCC1.Cl. The number of halogens is 1. The lowest BCUT2D eigenvalue weighted by Crippen LogP contribution is -2.55. The standard InChI is InChI=1S/C13H25N3O2.ClH/c1-15-8-3-9-16(11-10-15)12(17)13(18-2)4-6-14-7-5-13;/h14H,3-11H2,1-2H3;1H. The van der Waals surface area contributed by atoms with E-state index in [0.717, 1.165) is 58.5 Å². The third kappa shape index (κ3) is 3.81. The van der Waals surface area contributed by atoms with Gasteiger partial charge in [-0.3, -0.25) is 4.79 Å². The average molecular weight is 292 g/mol. The molecule has 2 heterocycles. The normalized spacial score (nSPS) is 24.4. The molecule has 2 fully saturated rings. The summed E-state index contributed by atoms with van der Waals surface area (Å²) in [6, 6.07) is 0. The summed E-state index contributed by atoms with van der Waals surface area (Å²) in [6.45, 7) is 5.46. The number of nitrogens with one attached hydrogen (secondary N) is 1. The number of methoxy groups -OCH3 is 1. The fourth-order valence-corrected chi connectivity index (χ4v) is 2.87. The van der Waals surface area contributed by atoms with Crippen LogP contribution in [0.1, 0.15) is 19.3 Å². The van der Waals surface area contributed by atoms with E-state index in [9.17, 15) is 4.79 Å². The lowest BCUT2D eigenvalue weighted by Gasteiger charge is -2.38. The number of nitrogens with zero attached hydrogens (tertiary/aromatic N) is 2. The second-order valence-electron chi connectivity index (χ2n) is 5.40. The van der Waals surface area contributed by atoms with Crippen molar-refractivity contribution in [1.82, 2.24) is 15.1 Å². The van der Waals surface area contributed by atoms with Crippen LogP contribution in [0.5, 0.6) is 0 Å². The molecule has 0 unspecified atom stereocenters. The Balaban J connectivity index is 0.00000180. The van der Waals surface area contributed by atoms with E-state index >= 15 is 0 Å². The molecule has 0 aromatic carbocycles. The smallest absolute Gasteiger partial charge is 0.254 e. The van der Waals surface area contributed by atoms with E-state index in [1.54, 1.807) is 7.11 Å². The number of amides is 1. The lowest BCUT2D eigenvalue weighted by atomic mass is 9.90. The van der Waals surface area contributed by atoms with Crippen LogP contribution in [0.3, 0.4) is 0 Å². The number of likely N-dealkylation sites (N-methyl/N-ethyl adjacent to an activating group) is 1. The topological polar surface area (TPSA) is 44.8 Å². The number of piperidine rings is 1. The number of hydrogen-bond acceptors (Lipinski definition) is 4.